The maximum Gasteiger partial charge on any atom is 0.134 e. The molecule has 138 valence electrons. The lowest BCUT2D eigenvalue weighted by molar-refractivity contribution is 0.449. The summed E-state index contributed by atoms with van der Waals surface area (Å²) in [7, 11) is 0. The van der Waals surface area contributed by atoms with E-state index in [1.54, 1.807) is 6.07 Å². The first-order chi connectivity index (χ1) is 12.1. The molecule has 0 bridgehead atoms. The van der Waals surface area contributed by atoms with Gasteiger partial charge in [-0.25, -0.2) is 0 Å². The van der Waals surface area contributed by atoms with Crippen molar-refractivity contribution in [1.82, 2.24) is 5.32 Å². The second-order valence-electron chi connectivity index (χ2n) is 6.23. The van der Waals surface area contributed by atoms with E-state index in [0.717, 1.165) is 29.9 Å². The summed E-state index contributed by atoms with van der Waals surface area (Å²) in [6.07, 6.45) is 2.15. The second kappa shape index (κ2) is 10.0. The van der Waals surface area contributed by atoms with Gasteiger partial charge >= 0.3 is 0 Å². The first kappa shape index (κ1) is 20.9. The highest BCUT2D eigenvalue weighted by Crippen LogP contribution is 2.28. The van der Waals surface area contributed by atoms with Crippen molar-refractivity contribution >= 4 is 35.6 Å². The number of furan rings is 1. The molecule has 3 aromatic rings. The summed E-state index contributed by atoms with van der Waals surface area (Å²) >= 11 is 12.1. The van der Waals surface area contributed by atoms with Gasteiger partial charge in [-0.1, -0.05) is 53.5 Å². The molecule has 0 radical (unpaired) electrons. The summed E-state index contributed by atoms with van der Waals surface area (Å²) in [6.45, 7) is 2.90. The van der Waals surface area contributed by atoms with Crippen LogP contribution >= 0.6 is 35.6 Å². The molecule has 0 fully saturated rings. The van der Waals surface area contributed by atoms with Crippen molar-refractivity contribution in [1.29, 1.82) is 0 Å². The van der Waals surface area contributed by atoms with Crippen LogP contribution in [0.3, 0.4) is 0 Å². The maximum atomic E-state index is 6.06. The third kappa shape index (κ3) is 6.07. The van der Waals surface area contributed by atoms with Gasteiger partial charge in [0.1, 0.15) is 11.5 Å². The van der Waals surface area contributed by atoms with Gasteiger partial charge in [0.25, 0.3) is 0 Å². The van der Waals surface area contributed by atoms with Gasteiger partial charge < -0.3 is 9.73 Å². The van der Waals surface area contributed by atoms with Crippen LogP contribution in [-0.2, 0) is 13.0 Å². The summed E-state index contributed by atoms with van der Waals surface area (Å²) in [5.41, 5.74) is 2.26. The molecule has 1 atom stereocenters. The summed E-state index contributed by atoms with van der Waals surface area (Å²) in [5, 5.41) is 4.72. The van der Waals surface area contributed by atoms with Crippen molar-refractivity contribution < 1.29 is 4.42 Å². The van der Waals surface area contributed by atoms with Crippen LogP contribution in [0.15, 0.2) is 65.1 Å². The van der Waals surface area contributed by atoms with Crippen LogP contribution in [0.2, 0.25) is 10.0 Å². The summed E-state index contributed by atoms with van der Waals surface area (Å²) in [6, 6.07) is 20.3. The van der Waals surface area contributed by atoms with Gasteiger partial charge in [0.05, 0.1) is 6.54 Å². The lowest BCUT2D eigenvalue weighted by Crippen LogP contribution is -2.25. The number of benzene rings is 2. The molecule has 0 spiro atoms. The molecule has 1 unspecified atom stereocenters. The molecular weight excluding hydrogens is 389 g/mol. The Labute approximate surface area is 170 Å². The zero-order chi connectivity index (χ0) is 17.6. The molecule has 0 aliphatic carbocycles. The average Bonchev–Trinajstić information content (AvgIpc) is 3.07. The lowest BCUT2D eigenvalue weighted by atomic mass is 10.1. The highest BCUT2D eigenvalue weighted by atomic mass is 35.5. The predicted octanol–water partition coefficient (Wildman–Crippen LogP) is 6.79. The second-order valence-corrected chi connectivity index (χ2v) is 7.10. The van der Waals surface area contributed by atoms with Crippen LogP contribution in [0.4, 0.5) is 0 Å². The van der Waals surface area contributed by atoms with Gasteiger partial charge in [-0.15, -0.1) is 12.4 Å². The summed E-state index contributed by atoms with van der Waals surface area (Å²) in [4.78, 5) is 0. The Hall–Kier alpha value is -1.45. The van der Waals surface area contributed by atoms with Gasteiger partial charge in [0, 0.05) is 21.7 Å². The Kier molecular flexibility index (Phi) is 8.05. The Morgan fingerprint density at radius 3 is 2.35 bits per heavy atom. The third-order valence-corrected chi connectivity index (χ3v) is 4.58. The van der Waals surface area contributed by atoms with Crippen LogP contribution in [0.5, 0.6) is 0 Å². The molecule has 0 aliphatic rings. The molecule has 2 aromatic carbocycles. The third-order valence-electron chi connectivity index (χ3n) is 4.14. The van der Waals surface area contributed by atoms with Gasteiger partial charge in [0.15, 0.2) is 0 Å². The van der Waals surface area contributed by atoms with Crippen LogP contribution < -0.4 is 5.32 Å². The number of nitrogens with one attached hydrogen (secondary N) is 1. The molecular formula is C21H22Cl3NO. The molecule has 1 heterocycles. The number of hydrogen-bond acceptors (Lipinski definition) is 2. The van der Waals surface area contributed by atoms with Gasteiger partial charge in [-0.3, -0.25) is 0 Å². The average molecular weight is 411 g/mol. The number of hydrogen-bond donors (Lipinski definition) is 1. The zero-order valence-electron chi connectivity index (χ0n) is 14.5. The molecule has 1 aromatic heterocycles. The molecule has 26 heavy (non-hydrogen) atoms. The normalized spacial score (nSPS) is 11.8. The van der Waals surface area contributed by atoms with Crippen LogP contribution in [0, 0.1) is 0 Å². The molecule has 0 saturated carbocycles. The van der Waals surface area contributed by atoms with E-state index in [-0.39, 0.29) is 12.4 Å². The SMILES string of the molecule is CC(CCc1ccccc1)NCc1ccc(-c2cc(Cl)cc(Cl)c2)o1.Cl. The lowest BCUT2D eigenvalue weighted by Gasteiger charge is -2.12. The Balaban J connectivity index is 0.00000243. The summed E-state index contributed by atoms with van der Waals surface area (Å²) in [5.74, 6) is 1.68. The van der Waals surface area contributed by atoms with E-state index < -0.39 is 0 Å². The Bertz CT molecular complexity index is 797. The van der Waals surface area contributed by atoms with Crippen molar-refractivity contribution in [2.45, 2.75) is 32.4 Å². The van der Waals surface area contributed by atoms with Crippen molar-refractivity contribution in [3.63, 3.8) is 0 Å². The highest BCUT2D eigenvalue weighted by Gasteiger charge is 2.08. The monoisotopic (exact) mass is 409 g/mol. The largest absolute Gasteiger partial charge is 0.460 e. The van der Waals surface area contributed by atoms with Crippen LogP contribution in [-0.4, -0.2) is 6.04 Å². The molecule has 3 rings (SSSR count). The maximum absolute atomic E-state index is 6.06. The standard InChI is InChI=1S/C21H21Cl2NO.ClH/c1-15(7-8-16-5-3-2-4-6-16)24-14-20-9-10-21(25-20)17-11-18(22)13-19(23)12-17;/h2-6,9-13,15,24H,7-8,14H2,1H3;1H. The molecule has 2 nitrogen and oxygen atoms in total. The fraction of sp³-hybridized carbons (Fsp3) is 0.238. The van der Waals surface area contributed by atoms with Gasteiger partial charge in [-0.2, -0.15) is 0 Å². The van der Waals surface area contributed by atoms with E-state index in [0.29, 0.717) is 22.6 Å². The molecule has 1 N–H and O–H groups in total. The van der Waals surface area contributed by atoms with Crippen molar-refractivity contribution in [2.75, 3.05) is 0 Å². The first-order valence-electron chi connectivity index (χ1n) is 8.42. The first-order valence-corrected chi connectivity index (χ1v) is 9.18. The van der Waals surface area contributed by atoms with E-state index in [1.165, 1.54) is 5.56 Å². The topological polar surface area (TPSA) is 25.2 Å². The minimum atomic E-state index is 0. The van der Waals surface area contributed by atoms with E-state index in [4.69, 9.17) is 27.6 Å². The minimum Gasteiger partial charge on any atom is -0.460 e. The van der Waals surface area contributed by atoms with Crippen LogP contribution in [0.1, 0.15) is 24.7 Å². The Morgan fingerprint density at radius 2 is 1.65 bits per heavy atom. The smallest absolute Gasteiger partial charge is 0.134 e. The number of aryl methyl sites for hydroxylation is 1. The van der Waals surface area contributed by atoms with Gasteiger partial charge in [-0.05, 0) is 55.7 Å². The van der Waals surface area contributed by atoms with Crippen molar-refractivity contribution in [2.24, 2.45) is 0 Å². The molecule has 5 heteroatoms. The van der Waals surface area contributed by atoms with E-state index in [9.17, 15) is 0 Å². The number of halogens is 3. The van der Waals surface area contributed by atoms with Crippen molar-refractivity contribution in [3.8, 4) is 11.3 Å². The predicted molar refractivity (Wildman–Crippen MR) is 112 cm³/mol. The quantitative estimate of drug-likeness (QED) is 0.464. The molecule has 0 amide bonds. The molecule has 0 saturated heterocycles. The van der Waals surface area contributed by atoms with Crippen molar-refractivity contribution in [3.05, 3.63) is 82.0 Å². The zero-order valence-corrected chi connectivity index (χ0v) is 16.9. The minimum absolute atomic E-state index is 0. The summed E-state index contributed by atoms with van der Waals surface area (Å²) < 4.78 is 5.91. The van der Waals surface area contributed by atoms with E-state index in [2.05, 4.69) is 36.5 Å². The van der Waals surface area contributed by atoms with E-state index in [1.807, 2.05) is 30.3 Å². The number of rotatable bonds is 7. The van der Waals surface area contributed by atoms with Gasteiger partial charge in [0.2, 0.25) is 0 Å². The highest BCUT2D eigenvalue weighted by molar-refractivity contribution is 6.35. The Morgan fingerprint density at radius 1 is 0.962 bits per heavy atom. The fourth-order valence-corrected chi connectivity index (χ4v) is 3.25. The van der Waals surface area contributed by atoms with E-state index >= 15 is 0 Å². The van der Waals surface area contributed by atoms with Crippen LogP contribution in [0.25, 0.3) is 11.3 Å². The molecule has 0 aliphatic heterocycles. The fourth-order valence-electron chi connectivity index (χ4n) is 2.73.